The van der Waals surface area contributed by atoms with E-state index in [-0.39, 0.29) is 17.9 Å². The number of aliphatic carboxylic acids is 1. The molecule has 2 saturated heterocycles. The van der Waals surface area contributed by atoms with Crippen LogP contribution in [-0.4, -0.2) is 68.7 Å². The molecule has 0 aromatic carbocycles. The smallest absolute Gasteiger partial charge is 0.310 e. The summed E-state index contributed by atoms with van der Waals surface area (Å²) in [5.41, 5.74) is -1.07. The minimum atomic E-state index is -3.18. The molecule has 6 nitrogen and oxygen atoms in total. The third-order valence-corrected chi connectivity index (χ3v) is 5.67. The number of carboxylic acids is 1. The molecule has 0 aliphatic carbocycles. The van der Waals surface area contributed by atoms with Crippen LogP contribution >= 0.6 is 0 Å². The van der Waals surface area contributed by atoms with Crippen molar-refractivity contribution in [2.45, 2.75) is 12.8 Å². The van der Waals surface area contributed by atoms with Crippen molar-refractivity contribution in [3.05, 3.63) is 0 Å². The molecule has 1 atom stereocenters. The zero-order valence-corrected chi connectivity index (χ0v) is 11.1. The quantitative estimate of drug-likeness (QED) is 0.752. The summed E-state index contributed by atoms with van der Waals surface area (Å²) in [6.45, 7) is 3.55. The van der Waals surface area contributed by atoms with Crippen LogP contribution in [0.1, 0.15) is 12.8 Å². The van der Waals surface area contributed by atoms with E-state index < -0.39 is 21.2 Å². The molecule has 0 aromatic heterocycles. The molecule has 7 heteroatoms. The van der Waals surface area contributed by atoms with Crippen LogP contribution in [0.3, 0.4) is 0 Å². The molecular weight excluding hydrogens is 258 g/mol. The van der Waals surface area contributed by atoms with Gasteiger partial charge in [-0.1, -0.05) is 0 Å². The zero-order valence-electron chi connectivity index (χ0n) is 10.3. The lowest BCUT2D eigenvalue weighted by Gasteiger charge is -2.30. The number of ether oxygens (including phenoxy) is 1. The van der Waals surface area contributed by atoms with Gasteiger partial charge in [0.25, 0.3) is 0 Å². The van der Waals surface area contributed by atoms with E-state index >= 15 is 0 Å². The number of hydrogen-bond donors (Lipinski definition) is 1. The highest BCUT2D eigenvalue weighted by atomic mass is 32.2. The van der Waals surface area contributed by atoms with Crippen LogP contribution in [0.15, 0.2) is 0 Å². The molecule has 2 fully saturated rings. The largest absolute Gasteiger partial charge is 0.481 e. The number of morpholine rings is 1. The standard InChI is InChI=1S/C11H19NO5S/c13-10(14)11(2-8-18(15,16)9-11)1-3-12-4-6-17-7-5-12/h1-9H2,(H,13,14). The van der Waals surface area contributed by atoms with Crippen molar-refractivity contribution in [2.75, 3.05) is 44.4 Å². The van der Waals surface area contributed by atoms with E-state index in [1.54, 1.807) is 0 Å². The van der Waals surface area contributed by atoms with Crippen LogP contribution in [0.4, 0.5) is 0 Å². The third-order valence-electron chi connectivity index (χ3n) is 3.85. The van der Waals surface area contributed by atoms with Gasteiger partial charge in [-0.2, -0.15) is 0 Å². The molecule has 0 radical (unpaired) electrons. The van der Waals surface area contributed by atoms with Crippen molar-refractivity contribution in [2.24, 2.45) is 5.41 Å². The normalized spacial score (nSPS) is 32.4. The Balaban J connectivity index is 1.97. The molecule has 2 aliphatic heterocycles. The minimum Gasteiger partial charge on any atom is -0.481 e. The van der Waals surface area contributed by atoms with Crippen molar-refractivity contribution in [1.29, 1.82) is 0 Å². The van der Waals surface area contributed by atoms with Gasteiger partial charge in [-0.3, -0.25) is 9.69 Å². The molecule has 18 heavy (non-hydrogen) atoms. The number of sulfone groups is 1. The Morgan fingerprint density at radius 2 is 2.00 bits per heavy atom. The van der Waals surface area contributed by atoms with E-state index in [2.05, 4.69) is 4.90 Å². The van der Waals surface area contributed by atoms with Gasteiger partial charge < -0.3 is 9.84 Å². The van der Waals surface area contributed by atoms with E-state index in [4.69, 9.17) is 4.74 Å². The Hall–Kier alpha value is -0.660. The number of hydrogen-bond acceptors (Lipinski definition) is 5. The van der Waals surface area contributed by atoms with Crippen LogP contribution in [0.25, 0.3) is 0 Å². The summed E-state index contributed by atoms with van der Waals surface area (Å²) in [6.07, 6.45) is 0.649. The first kappa shape index (κ1) is 13.8. The first-order valence-corrected chi connectivity index (χ1v) is 8.00. The highest BCUT2D eigenvalue weighted by molar-refractivity contribution is 7.91. The van der Waals surface area contributed by atoms with Crippen LogP contribution in [0, 0.1) is 5.41 Å². The summed E-state index contributed by atoms with van der Waals surface area (Å²) in [6, 6.07) is 0. The van der Waals surface area contributed by atoms with Gasteiger partial charge in [-0.15, -0.1) is 0 Å². The SMILES string of the molecule is O=C(O)C1(CCN2CCOCC2)CCS(=O)(=O)C1. The average molecular weight is 277 g/mol. The predicted octanol–water partition coefficient (Wildman–Crippen LogP) is -0.402. The monoisotopic (exact) mass is 277 g/mol. The van der Waals surface area contributed by atoms with Gasteiger partial charge in [0.1, 0.15) is 0 Å². The molecule has 0 aromatic rings. The van der Waals surface area contributed by atoms with Crippen molar-refractivity contribution < 1.29 is 23.1 Å². The molecule has 0 bridgehead atoms. The van der Waals surface area contributed by atoms with Crippen molar-refractivity contribution in [3.63, 3.8) is 0 Å². The maximum atomic E-state index is 11.5. The second-order valence-corrected chi connectivity index (χ2v) is 7.32. The predicted molar refractivity (Wildman–Crippen MR) is 65.2 cm³/mol. The van der Waals surface area contributed by atoms with Crippen molar-refractivity contribution in [1.82, 2.24) is 4.90 Å². The highest BCUT2D eigenvalue weighted by Gasteiger charge is 2.48. The van der Waals surface area contributed by atoms with Gasteiger partial charge in [0.05, 0.1) is 30.1 Å². The fourth-order valence-electron chi connectivity index (χ4n) is 2.59. The van der Waals surface area contributed by atoms with E-state index in [1.807, 2.05) is 0 Å². The van der Waals surface area contributed by atoms with E-state index in [1.165, 1.54) is 0 Å². The zero-order chi connectivity index (χ0) is 13.2. The fourth-order valence-corrected chi connectivity index (χ4v) is 4.69. The lowest BCUT2D eigenvalue weighted by Crippen LogP contribution is -2.41. The Kier molecular flexibility index (Phi) is 3.93. The first-order valence-electron chi connectivity index (χ1n) is 6.18. The maximum Gasteiger partial charge on any atom is 0.310 e. The first-order chi connectivity index (χ1) is 8.44. The summed E-state index contributed by atoms with van der Waals surface area (Å²) in [4.78, 5) is 13.5. The molecule has 2 aliphatic rings. The number of nitrogens with zero attached hydrogens (tertiary/aromatic N) is 1. The van der Waals surface area contributed by atoms with Gasteiger partial charge in [-0.05, 0) is 19.4 Å². The van der Waals surface area contributed by atoms with Crippen molar-refractivity contribution >= 4 is 15.8 Å². The van der Waals surface area contributed by atoms with Gasteiger partial charge >= 0.3 is 5.97 Å². The Morgan fingerprint density at radius 3 is 2.50 bits per heavy atom. The molecule has 0 saturated carbocycles. The van der Waals surface area contributed by atoms with Gasteiger partial charge in [0, 0.05) is 13.1 Å². The molecule has 2 rings (SSSR count). The maximum absolute atomic E-state index is 11.5. The number of rotatable bonds is 4. The molecule has 2 heterocycles. The summed E-state index contributed by atoms with van der Waals surface area (Å²) in [5, 5.41) is 9.32. The second kappa shape index (κ2) is 5.14. The summed E-state index contributed by atoms with van der Waals surface area (Å²) in [5.74, 6) is -1.18. The van der Waals surface area contributed by atoms with Gasteiger partial charge in [-0.25, -0.2) is 8.42 Å². The second-order valence-electron chi connectivity index (χ2n) is 5.13. The van der Waals surface area contributed by atoms with Gasteiger partial charge in [0.2, 0.25) is 0 Å². The summed E-state index contributed by atoms with van der Waals surface area (Å²) < 4.78 is 28.2. The van der Waals surface area contributed by atoms with E-state index in [0.29, 0.717) is 26.2 Å². The Bertz CT molecular complexity index is 415. The van der Waals surface area contributed by atoms with Gasteiger partial charge in [0.15, 0.2) is 9.84 Å². The molecular formula is C11H19NO5S. The molecule has 1 unspecified atom stereocenters. The molecule has 0 amide bonds. The number of carbonyl (C=O) groups is 1. The Morgan fingerprint density at radius 1 is 1.33 bits per heavy atom. The number of carboxylic acid groups (broad SMARTS) is 1. The van der Waals surface area contributed by atoms with Crippen LogP contribution in [0.5, 0.6) is 0 Å². The van der Waals surface area contributed by atoms with Crippen LogP contribution in [-0.2, 0) is 19.4 Å². The van der Waals surface area contributed by atoms with Crippen LogP contribution in [0.2, 0.25) is 0 Å². The summed E-state index contributed by atoms with van der Waals surface area (Å²) >= 11 is 0. The van der Waals surface area contributed by atoms with E-state index in [9.17, 15) is 18.3 Å². The Labute approximate surface area is 107 Å². The lowest BCUT2D eigenvalue weighted by molar-refractivity contribution is -0.148. The minimum absolute atomic E-state index is 0.00239. The lowest BCUT2D eigenvalue weighted by atomic mass is 9.84. The molecule has 104 valence electrons. The highest BCUT2D eigenvalue weighted by Crippen LogP contribution is 2.36. The topological polar surface area (TPSA) is 83.9 Å². The van der Waals surface area contributed by atoms with Crippen LogP contribution < -0.4 is 0 Å². The fraction of sp³-hybridized carbons (Fsp3) is 0.909. The summed E-state index contributed by atoms with van der Waals surface area (Å²) in [7, 11) is -3.18. The van der Waals surface area contributed by atoms with Crippen molar-refractivity contribution in [3.8, 4) is 0 Å². The average Bonchev–Trinajstić information content (AvgIpc) is 2.65. The third kappa shape index (κ3) is 3.02. The van der Waals surface area contributed by atoms with E-state index in [0.717, 1.165) is 13.1 Å². The molecule has 1 N–H and O–H groups in total. The molecule has 0 spiro atoms.